The van der Waals surface area contributed by atoms with E-state index >= 15 is 0 Å². The van der Waals surface area contributed by atoms with Gasteiger partial charge in [0.25, 0.3) is 0 Å². The highest BCUT2D eigenvalue weighted by molar-refractivity contribution is 5.91. The molecule has 0 bridgehead atoms. The van der Waals surface area contributed by atoms with Crippen LogP contribution in [0.25, 0.3) is 22.3 Å². The van der Waals surface area contributed by atoms with Crippen molar-refractivity contribution in [1.82, 2.24) is 0 Å². The van der Waals surface area contributed by atoms with E-state index in [1.807, 2.05) is 158 Å². The lowest BCUT2D eigenvalue weighted by Crippen LogP contribution is -2.11. The number of aliphatic imine (C=N–C) groups is 2. The Morgan fingerprint density at radius 2 is 0.738 bits per heavy atom. The fraction of sp³-hybridized carbons (Fsp3) is 0.343. The second kappa shape index (κ2) is 32.2. The Hall–Kier alpha value is -7.98. The molecule has 0 aliphatic rings. The van der Waals surface area contributed by atoms with Gasteiger partial charge in [-0.3, -0.25) is 9.98 Å². The molecule has 0 amide bonds. The van der Waals surface area contributed by atoms with Crippen molar-refractivity contribution >= 4 is 35.7 Å². The van der Waals surface area contributed by atoms with Crippen LogP contribution in [0.4, 0.5) is 11.4 Å². The van der Waals surface area contributed by atoms with Crippen molar-refractivity contribution in [1.29, 1.82) is 0 Å². The highest BCUT2D eigenvalue weighted by Crippen LogP contribution is 2.27. The molecule has 418 valence electrons. The summed E-state index contributed by atoms with van der Waals surface area (Å²) in [7, 11) is 0. The standard InChI is InChI=1S/C70H80N2O8/c1-7-51(3)49-79-69(73)61-23-19-57(20-24-61)59-27-35-65(36-28-59)75-41-13-9-11-15-43-77-67-39-17-55(45-53(67)5)47-71-63-31-33-64(34-32-63)72-48-56-18-40-68(54(6)46-56)78-44-16-12-10-14-42-76-66-37-29-60(30-38-66)58-21-25-62(26-22-58)70(74)80-50-52(4)8-2/h17-40,45-48,51-52H,7-16,41-44,49-50H2,1-6H3. The molecule has 7 aromatic rings. The first-order valence-corrected chi connectivity index (χ1v) is 28.7. The molecule has 0 fully saturated rings. The molecular formula is C70H80N2O8. The Morgan fingerprint density at radius 1 is 0.412 bits per heavy atom. The van der Waals surface area contributed by atoms with Gasteiger partial charge < -0.3 is 28.4 Å². The van der Waals surface area contributed by atoms with Crippen LogP contribution < -0.4 is 18.9 Å². The summed E-state index contributed by atoms with van der Waals surface area (Å²) in [5.41, 5.74) is 11.2. The van der Waals surface area contributed by atoms with Crippen molar-refractivity contribution in [2.45, 2.75) is 106 Å². The molecule has 80 heavy (non-hydrogen) atoms. The first-order valence-electron chi connectivity index (χ1n) is 28.7. The molecule has 0 spiro atoms. The quantitative estimate of drug-likeness (QED) is 0.0233. The first-order chi connectivity index (χ1) is 39.0. The van der Waals surface area contributed by atoms with E-state index in [1.165, 1.54) is 0 Å². The predicted molar refractivity (Wildman–Crippen MR) is 325 cm³/mol. The van der Waals surface area contributed by atoms with Gasteiger partial charge in [0, 0.05) is 12.4 Å². The Balaban J connectivity index is 0.715. The van der Waals surface area contributed by atoms with Crippen LogP contribution in [-0.4, -0.2) is 64.0 Å². The number of hydrogen-bond donors (Lipinski definition) is 0. The van der Waals surface area contributed by atoms with E-state index in [4.69, 9.17) is 38.4 Å². The maximum Gasteiger partial charge on any atom is 0.338 e. The number of hydrogen-bond acceptors (Lipinski definition) is 10. The highest BCUT2D eigenvalue weighted by Gasteiger charge is 2.12. The van der Waals surface area contributed by atoms with Crippen molar-refractivity contribution in [3.05, 3.63) is 191 Å². The maximum absolute atomic E-state index is 12.4. The molecule has 2 unspecified atom stereocenters. The van der Waals surface area contributed by atoms with Crippen LogP contribution in [0.5, 0.6) is 23.0 Å². The zero-order valence-electron chi connectivity index (χ0n) is 47.8. The van der Waals surface area contributed by atoms with E-state index in [2.05, 4.69) is 53.7 Å². The van der Waals surface area contributed by atoms with Crippen molar-refractivity contribution in [3.63, 3.8) is 0 Å². The number of rotatable bonds is 32. The van der Waals surface area contributed by atoms with Gasteiger partial charge in [-0.2, -0.15) is 0 Å². The Bertz CT molecular complexity index is 2830. The molecule has 10 heteroatoms. The van der Waals surface area contributed by atoms with E-state index in [0.717, 1.165) is 143 Å². The molecule has 7 aromatic carbocycles. The lowest BCUT2D eigenvalue weighted by Gasteiger charge is -2.11. The molecule has 0 N–H and O–H groups in total. The summed E-state index contributed by atoms with van der Waals surface area (Å²) in [6.07, 6.45) is 13.9. The van der Waals surface area contributed by atoms with E-state index in [9.17, 15) is 9.59 Å². The summed E-state index contributed by atoms with van der Waals surface area (Å²) in [6, 6.07) is 51.5. The van der Waals surface area contributed by atoms with E-state index in [1.54, 1.807) is 0 Å². The fourth-order valence-corrected chi connectivity index (χ4v) is 8.54. The number of carbonyl (C=O) groups is 2. The molecular weight excluding hydrogens is 997 g/mol. The van der Waals surface area contributed by atoms with Gasteiger partial charge in [-0.15, -0.1) is 0 Å². The first kappa shape index (κ1) is 59.7. The summed E-state index contributed by atoms with van der Waals surface area (Å²) >= 11 is 0. The minimum absolute atomic E-state index is 0.278. The predicted octanol–water partition coefficient (Wildman–Crippen LogP) is 17.6. The summed E-state index contributed by atoms with van der Waals surface area (Å²) < 4.78 is 35.2. The fourth-order valence-electron chi connectivity index (χ4n) is 8.54. The molecule has 0 aromatic heterocycles. The van der Waals surface area contributed by atoms with Crippen molar-refractivity contribution in [2.75, 3.05) is 39.6 Å². The number of nitrogens with zero attached hydrogens (tertiary/aromatic N) is 2. The van der Waals surface area contributed by atoms with Crippen LogP contribution in [0.15, 0.2) is 168 Å². The van der Waals surface area contributed by atoms with Gasteiger partial charge in [-0.05, 0) is 231 Å². The zero-order chi connectivity index (χ0) is 56.3. The van der Waals surface area contributed by atoms with Gasteiger partial charge in [0.15, 0.2) is 0 Å². The topological polar surface area (TPSA) is 114 Å². The van der Waals surface area contributed by atoms with Crippen LogP contribution in [0, 0.1) is 25.7 Å². The Kier molecular flexibility index (Phi) is 24.0. The lowest BCUT2D eigenvalue weighted by atomic mass is 10.0. The molecule has 10 nitrogen and oxygen atoms in total. The molecule has 7 rings (SSSR count). The molecule has 0 saturated carbocycles. The second-order valence-electron chi connectivity index (χ2n) is 20.7. The van der Waals surface area contributed by atoms with Crippen LogP contribution in [-0.2, 0) is 9.47 Å². The van der Waals surface area contributed by atoms with Gasteiger partial charge in [-0.1, -0.05) is 89.1 Å². The minimum Gasteiger partial charge on any atom is -0.494 e. The average molecular weight is 1080 g/mol. The number of unbranched alkanes of at least 4 members (excludes halogenated alkanes) is 6. The summed E-state index contributed by atoms with van der Waals surface area (Å²) in [6.45, 7) is 16.0. The Morgan fingerprint density at radius 3 is 1.06 bits per heavy atom. The van der Waals surface area contributed by atoms with Gasteiger partial charge in [0.1, 0.15) is 23.0 Å². The van der Waals surface area contributed by atoms with Crippen molar-refractivity contribution in [3.8, 4) is 45.3 Å². The number of esters is 2. The van der Waals surface area contributed by atoms with Crippen LogP contribution >= 0.6 is 0 Å². The third-order valence-electron chi connectivity index (χ3n) is 14.1. The van der Waals surface area contributed by atoms with Gasteiger partial charge >= 0.3 is 11.9 Å². The third-order valence-corrected chi connectivity index (χ3v) is 14.1. The number of aryl methyl sites for hydroxylation is 2. The summed E-state index contributed by atoms with van der Waals surface area (Å²) in [4.78, 5) is 34.1. The smallest absolute Gasteiger partial charge is 0.338 e. The van der Waals surface area contributed by atoms with Gasteiger partial charge in [-0.25, -0.2) is 9.59 Å². The lowest BCUT2D eigenvalue weighted by molar-refractivity contribution is 0.0438. The largest absolute Gasteiger partial charge is 0.494 e. The average Bonchev–Trinajstić information content (AvgIpc) is 3.49. The molecule has 0 aliphatic heterocycles. The number of benzene rings is 7. The molecule has 0 saturated heterocycles. The second-order valence-corrected chi connectivity index (χ2v) is 20.7. The van der Waals surface area contributed by atoms with Gasteiger partial charge in [0.05, 0.1) is 62.1 Å². The van der Waals surface area contributed by atoms with Crippen molar-refractivity contribution in [2.24, 2.45) is 21.8 Å². The van der Waals surface area contributed by atoms with Crippen molar-refractivity contribution < 1.29 is 38.0 Å². The summed E-state index contributed by atoms with van der Waals surface area (Å²) in [5.74, 6) is 3.65. The van der Waals surface area contributed by atoms with Crippen LogP contribution in [0.3, 0.4) is 0 Å². The number of carbonyl (C=O) groups excluding carboxylic acids is 2. The SMILES string of the molecule is CCC(C)COC(=O)c1ccc(-c2ccc(OCCCCCCOc3ccc(C=Nc4ccc(N=Cc5ccc(OCCCCCCOc6ccc(-c7ccc(C(=O)OCC(C)CC)cc7)cc6)c(C)c5)cc4)cc3C)cc2)cc1. The van der Waals surface area contributed by atoms with E-state index in [-0.39, 0.29) is 11.9 Å². The normalized spacial score (nSPS) is 12.1. The highest BCUT2D eigenvalue weighted by atomic mass is 16.5. The van der Waals surface area contributed by atoms with E-state index < -0.39 is 0 Å². The number of ether oxygens (including phenoxy) is 6. The minimum atomic E-state index is -0.278. The van der Waals surface area contributed by atoms with Gasteiger partial charge in [0.2, 0.25) is 0 Å². The molecule has 0 radical (unpaired) electrons. The van der Waals surface area contributed by atoms with Crippen LogP contribution in [0.1, 0.15) is 135 Å². The molecule has 0 aliphatic carbocycles. The van der Waals surface area contributed by atoms with E-state index in [0.29, 0.717) is 62.6 Å². The third kappa shape index (κ3) is 19.7. The monoisotopic (exact) mass is 1080 g/mol. The Labute approximate surface area is 475 Å². The maximum atomic E-state index is 12.4. The molecule has 0 heterocycles. The van der Waals surface area contributed by atoms with Crippen LogP contribution in [0.2, 0.25) is 0 Å². The summed E-state index contributed by atoms with van der Waals surface area (Å²) in [5, 5.41) is 0. The molecule has 2 atom stereocenters. The zero-order valence-corrected chi connectivity index (χ0v) is 47.8.